The second-order valence-electron chi connectivity index (χ2n) is 7.71. The fourth-order valence-corrected chi connectivity index (χ4v) is 3.57. The van der Waals surface area contributed by atoms with Crippen LogP contribution < -0.4 is 5.32 Å². The number of amides is 1. The van der Waals surface area contributed by atoms with E-state index in [1.165, 1.54) is 11.1 Å². The van der Waals surface area contributed by atoms with Gasteiger partial charge in [-0.05, 0) is 38.1 Å². The second kappa shape index (κ2) is 9.67. The zero-order valence-corrected chi connectivity index (χ0v) is 17.2. The number of hydrogen-bond donors (Lipinski definition) is 1. The van der Waals surface area contributed by atoms with Gasteiger partial charge in [0.05, 0.1) is 6.04 Å². The van der Waals surface area contributed by atoms with E-state index in [2.05, 4.69) is 53.4 Å². The van der Waals surface area contributed by atoms with Gasteiger partial charge < -0.3 is 10.2 Å². The zero-order valence-electron chi connectivity index (χ0n) is 17.2. The predicted molar refractivity (Wildman–Crippen MR) is 116 cm³/mol. The molecule has 1 atom stereocenters. The van der Waals surface area contributed by atoms with Crippen molar-refractivity contribution in [1.82, 2.24) is 15.1 Å². The van der Waals surface area contributed by atoms with Gasteiger partial charge in [-0.2, -0.15) is 0 Å². The molecular formula is C24H31N3O. The van der Waals surface area contributed by atoms with Gasteiger partial charge in [-0.25, -0.2) is 0 Å². The van der Waals surface area contributed by atoms with Gasteiger partial charge in [0.2, 0.25) is 5.91 Å². The lowest BCUT2D eigenvalue weighted by Gasteiger charge is -2.38. The molecule has 1 amide bonds. The molecule has 0 bridgehead atoms. The van der Waals surface area contributed by atoms with Crippen LogP contribution in [-0.4, -0.2) is 55.5 Å². The number of piperazine rings is 1. The van der Waals surface area contributed by atoms with Crippen LogP contribution in [0, 0.1) is 6.92 Å². The minimum Gasteiger partial charge on any atom is -0.350 e. The SMILES string of the molecule is C/C(=C\c1ccccc1)C(=O)NCC(c1ccc(C)cc1)N1CCN(C)CC1. The largest absolute Gasteiger partial charge is 0.350 e. The molecule has 0 aliphatic carbocycles. The number of hydrogen-bond acceptors (Lipinski definition) is 3. The lowest BCUT2D eigenvalue weighted by atomic mass is 10.0. The second-order valence-corrected chi connectivity index (χ2v) is 7.71. The van der Waals surface area contributed by atoms with Crippen molar-refractivity contribution >= 4 is 12.0 Å². The minimum absolute atomic E-state index is 0.00454. The van der Waals surface area contributed by atoms with E-state index in [4.69, 9.17) is 0 Å². The molecule has 2 aromatic rings. The van der Waals surface area contributed by atoms with E-state index in [1.54, 1.807) is 0 Å². The van der Waals surface area contributed by atoms with Crippen LogP contribution in [0.2, 0.25) is 0 Å². The number of benzene rings is 2. The topological polar surface area (TPSA) is 35.6 Å². The molecule has 28 heavy (non-hydrogen) atoms. The quantitative estimate of drug-likeness (QED) is 0.783. The number of carbonyl (C=O) groups is 1. The maximum Gasteiger partial charge on any atom is 0.247 e. The van der Waals surface area contributed by atoms with Crippen molar-refractivity contribution in [3.63, 3.8) is 0 Å². The average molecular weight is 378 g/mol. The number of rotatable bonds is 6. The summed E-state index contributed by atoms with van der Waals surface area (Å²) in [5.74, 6) is -0.00454. The summed E-state index contributed by atoms with van der Waals surface area (Å²) in [5.41, 5.74) is 4.29. The first kappa shape index (κ1) is 20.3. The normalized spacial score (nSPS) is 17.3. The van der Waals surface area contributed by atoms with Gasteiger partial charge in [-0.15, -0.1) is 0 Å². The molecule has 1 heterocycles. The maximum absolute atomic E-state index is 12.7. The Morgan fingerprint density at radius 2 is 1.68 bits per heavy atom. The van der Waals surface area contributed by atoms with Crippen molar-refractivity contribution in [1.29, 1.82) is 0 Å². The van der Waals surface area contributed by atoms with E-state index < -0.39 is 0 Å². The zero-order chi connectivity index (χ0) is 19.9. The number of nitrogens with zero attached hydrogens (tertiary/aromatic N) is 2. The van der Waals surface area contributed by atoms with E-state index in [0.29, 0.717) is 6.54 Å². The van der Waals surface area contributed by atoms with Crippen molar-refractivity contribution in [2.24, 2.45) is 0 Å². The number of aryl methyl sites for hydroxylation is 1. The molecule has 1 fully saturated rings. The Kier molecular flexibility index (Phi) is 7.01. The van der Waals surface area contributed by atoms with Crippen molar-refractivity contribution in [3.8, 4) is 0 Å². The lowest BCUT2D eigenvalue weighted by Crippen LogP contribution is -2.48. The molecule has 2 aromatic carbocycles. The third kappa shape index (κ3) is 5.54. The molecule has 1 N–H and O–H groups in total. The summed E-state index contributed by atoms with van der Waals surface area (Å²) >= 11 is 0. The highest BCUT2D eigenvalue weighted by Gasteiger charge is 2.24. The Morgan fingerprint density at radius 1 is 1.04 bits per heavy atom. The van der Waals surface area contributed by atoms with Crippen LogP contribution in [-0.2, 0) is 4.79 Å². The molecule has 1 unspecified atom stereocenters. The van der Waals surface area contributed by atoms with Crippen molar-refractivity contribution in [2.75, 3.05) is 39.8 Å². The van der Waals surface area contributed by atoms with E-state index in [-0.39, 0.29) is 11.9 Å². The Bertz CT molecular complexity index is 790. The summed E-state index contributed by atoms with van der Waals surface area (Å²) < 4.78 is 0. The van der Waals surface area contributed by atoms with Crippen LogP contribution in [0.1, 0.15) is 29.7 Å². The highest BCUT2D eigenvalue weighted by molar-refractivity contribution is 5.97. The van der Waals surface area contributed by atoms with Gasteiger partial charge in [-0.1, -0.05) is 60.2 Å². The molecule has 0 spiro atoms. The van der Waals surface area contributed by atoms with Crippen molar-refractivity contribution in [2.45, 2.75) is 19.9 Å². The lowest BCUT2D eigenvalue weighted by molar-refractivity contribution is -0.117. The summed E-state index contributed by atoms with van der Waals surface area (Å²) in [6, 6.07) is 18.9. The van der Waals surface area contributed by atoms with Gasteiger partial charge in [0, 0.05) is 38.3 Å². The minimum atomic E-state index is -0.00454. The van der Waals surface area contributed by atoms with Crippen molar-refractivity contribution in [3.05, 3.63) is 76.9 Å². The first-order valence-electron chi connectivity index (χ1n) is 10.0. The van der Waals surface area contributed by atoms with Crippen LogP contribution in [0.3, 0.4) is 0 Å². The maximum atomic E-state index is 12.7. The molecule has 4 nitrogen and oxygen atoms in total. The summed E-state index contributed by atoms with van der Waals surface area (Å²) in [6.07, 6.45) is 1.94. The Labute approximate surface area is 168 Å². The molecule has 1 saturated heterocycles. The van der Waals surface area contributed by atoms with Crippen LogP contribution in [0.25, 0.3) is 6.08 Å². The molecule has 4 heteroatoms. The molecule has 148 valence electrons. The first-order chi connectivity index (χ1) is 13.5. The fourth-order valence-electron chi connectivity index (χ4n) is 3.57. The number of nitrogens with one attached hydrogen (secondary N) is 1. The fraction of sp³-hybridized carbons (Fsp3) is 0.375. The Hall–Kier alpha value is -2.43. The Morgan fingerprint density at radius 3 is 2.32 bits per heavy atom. The average Bonchev–Trinajstić information content (AvgIpc) is 2.71. The molecule has 1 aliphatic rings. The van der Waals surface area contributed by atoms with Crippen LogP contribution >= 0.6 is 0 Å². The highest BCUT2D eigenvalue weighted by Crippen LogP contribution is 2.22. The molecular weight excluding hydrogens is 346 g/mol. The first-order valence-corrected chi connectivity index (χ1v) is 10.0. The third-order valence-electron chi connectivity index (χ3n) is 5.44. The smallest absolute Gasteiger partial charge is 0.247 e. The van der Waals surface area contributed by atoms with Gasteiger partial charge in [0.1, 0.15) is 0 Å². The van der Waals surface area contributed by atoms with E-state index in [9.17, 15) is 4.79 Å². The predicted octanol–water partition coefficient (Wildman–Crippen LogP) is 3.50. The summed E-state index contributed by atoms with van der Waals surface area (Å²) in [5, 5.41) is 3.16. The van der Waals surface area contributed by atoms with Gasteiger partial charge in [0.15, 0.2) is 0 Å². The van der Waals surface area contributed by atoms with E-state index in [1.807, 2.05) is 43.3 Å². The highest BCUT2D eigenvalue weighted by atomic mass is 16.1. The summed E-state index contributed by atoms with van der Waals surface area (Å²) in [4.78, 5) is 17.5. The number of likely N-dealkylation sites (N-methyl/N-ethyl adjacent to an activating group) is 1. The van der Waals surface area contributed by atoms with Crippen LogP contribution in [0.4, 0.5) is 0 Å². The van der Waals surface area contributed by atoms with E-state index in [0.717, 1.165) is 37.3 Å². The molecule has 3 rings (SSSR count). The summed E-state index contributed by atoms with van der Waals surface area (Å²) in [6.45, 7) is 8.75. The van der Waals surface area contributed by atoms with Crippen molar-refractivity contribution < 1.29 is 4.79 Å². The molecule has 1 aliphatic heterocycles. The van der Waals surface area contributed by atoms with Crippen LogP contribution in [0.5, 0.6) is 0 Å². The third-order valence-corrected chi connectivity index (χ3v) is 5.44. The van der Waals surface area contributed by atoms with Gasteiger partial charge in [-0.3, -0.25) is 9.69 Å². The van der Waals surface area contributed by atoms with E-state index >= 15 is 0 Å². The summed E-state index contributed by atoms with van der Waals surface area (Å²) in [7, 11) is 2.16. The monoisotopic (exact) mass is 377 g/mol. The molecule has 0 aromatic heterocycles. The van der Waals surface area contributed by atoms with Crippen LogP contribution in [0.15, 0.2) is 60.2 Å². The van der Waals surface area contributed by atoms with Gasteiger partial charge in [0.25, 0.3) is 0 Å². The van der Waals surface area contributed by atoms with Gasteiger partial charge >= 0.3 is 0 Å². The molecule has 0 saturated carbocycles. The standard InChI is InChI=1S/C24H31N3O/c1-19-9-11-22(12-10-19)23(27-15-13-26(3)14-16-27)18-25-24(28)20(2)17-21-7-5-4-6-8-21/h4-12,17,23H,13-16,18H2,1-3H3,(H,25,28)/b20-17+. The Balaban J connectivity index is 1.69. The number of carbonyl (C=O) groups excluding carboxylic acids is 1. The molecule has 0 radical (unpaired) electrons.